The van der Waals surface area contributed by atoms with Crippen LogP contribution in [0.1, 0.15) is 34.6 Å². The maximum Gasteiger partial charge on any atom is 0.341 e. The Balaban J connectivity index is 1.72. The lowest BCUT2D eigenvalue weighted by Crippen LogP contribution is -2.18. The Bertz CT molecular complexity index is 1110. The van der Waals surface area contributed by atoms with E-state index in [0.717, 1.165) is 33.3 Å². The smallest absolute Gasteiger partial charge is 0.341 e. The summed E-state index contributed by atoms with van der Waals surface area (Å²) in [5, 5.41) is 11.4. The molecule has 2 heterocycles. The van der Waals surface area contributed by atoms with Crippen molar-refractivity contribution in [1.29, 1.82) is 0 Å². The number of anilines is 1. The number of hydrogen-bond donors (Lipinski definition) is 2. The van der Waals surface area contributed by atoms with E-state index in [4.69, 9.17) is 10.6 Å². The zero-order valence-electron chi connectivity index (χ0n) is 17.3. The number of carbonyl (C=O) groups is 2. The third kappa shape index (κ3) is 4.88. The minimum Gasteiger partial charge on any atom is -0.462 e. The molecule has 0 aliphatic heterocycles. The second-order valence-corrected chi connectivity index (χ2v) is 8.47. The highest BCUT2D eigenvalue weighted by Crippen LogP contribution is 2.34. The van der Waals surface area contributed by atoms with E-state index in [0.29, 0.717) is 10.6 Å². The van der Waals surface area contributed by atoms with Crippen molar-refractivity contribution < 1.29 is 18.7 Å². The molecule has 0 saturated carbocycles. The molecule has 3 N–H and O–H groups in total. The van der Waals surface area contributed by atoms with E-state index in [1.54, 1.807) is 25.1 Å². The number of hydrogen-bond acceptors (Lipinski definition) is 8. The SMILES string of the molecule is CCOC(=O)c1c(NC(=O)CSc2nnc(-c3ccccc3F)n2N)sc(CC)c1C. The lowest BCUT2D eigenvalue weighted by atomic mass is 10.1. The average molecular weight is 464 g/mol. The number of rotatable bonds is 8. The monoisotopic (exact) mass is 463 g/mol. The maximum atomic E-state index is 14.0. The highest BCUT2D eigenvalue weighted by atomic mass is 32.2. The fourth-order valence-electron chi connectivity index (χ4n) is 2.93. The summed E-state index contributed by atoms with van der Waals surface area (Å²) in [4.78, 5) is 25.9. The van der Waals surface area contributed by atoms with Crippen LogP contribution in [0, 0.1) is 12.7 Å². The molecule has 3 rings (SSSR count). The van der Waals surface area contributed by atoms with E-state index in [9.17, 15) is 14.0 Å². The van der Waals surface area contributed by atoms with Gasteiger partial charge in [0.2, 0.25) is 11.1 Å². The molecule has 0 fully saturated rings. The average Bonchev–Trinajstić information content (AvgIpc) is 3.26. The van der Waals surface area contributed by atoms with Crippen LogP contribution in [0.15, 0.2) is 29.4 Å². The number of thioether (sulfide) groups is 1. The number of aryl methyl sites for hydroxylation is 1. The quantitative estimate of drug-likeness (QED) is 0.298. The number of carbonyl (C=O) groups excluding carboxylic acids is 2. The summed E-state index contributed by atoms with van der Waals surface area (Å²) in [5.74, 6) is 4.86. The second-order valence-electron chi connectivity index (χ2n) is 6.42. The molecule has 11 heteroatoms. The summed E-state index contributed by atoms with van der Waals surface area (Å²) >= 11 is 2.41. The highest BCUT2D eigenvalue weighted by Gasteiger charge is 2.23. The van der Waals surface area contributed by atoms with Gasteiger partial charge >= 0.3 is 5.97 Å². The van der Waals surface area contributed by atoms with Crippen LogP contribution in [-0.2, 0) is 16.0 Å². The summed E-state index contributed by atoms with van der Waals surface area (Å²) in [6.07, 6.45) is 0.739. The van der Waals surface area contributed by atoms with E-state index in [-0.39, 0.29) is 34.8 Å². The summed E-state index contributed by atoms with van der Waals surface area (Å²) in [6.45, 7) is 5.80. The van der Waals surface area contributed by atoms with Crippen LogP contribution in [0.4, 0.5) is 9.39 Å². The molecular formula is C20H22FN5O3S2. The molecule has 31 heavy (non-hydrogen) atoms. The van der Waals surface area contributed by atoms with E-state index in [1.165, 1.54) is 17.4 Å². The Morgan fingerprint density at radius 3 is 2.71 bits per heavy atom. The van der Waals surface area contributed by atoms with Crippen molar-refractivity contribution in [2.24, 2.45) is 0 Å². The standard InChI is InChI=1S/C20H22FN5O3S2/c1-4-14-11(3)16(19(28)29-5-2)18(31-14)23-15(27)10-30-20-25-24-17(26(20)22)12-8-6-7-9-13(12)21/h6-9H,4-5,10,22H2,1-3H3,(H,23,27). The number of ether oxygens (including phenoxy) is 1. The van der Waals surface area contributed by atoms with Crippen molar-refractivity contribution >= 4 is 40.0 Å². The number of nitrogens with two attached hydrogens (primary N) is 1. The predicted molar refractivity (Wildman–Crippen MR) is 119 cm³/mol. The molecule has 0 atom stereocenters. The van der Waals surface area contributed by atoms with Crippen molar-refractivity contribution in [3.8, 4) is 11.4 Å². The molecule has 164 valence electrons. The first-order valence-corrected chi connectivity index (χ1v) is 11.3. The second kappa shape index (κ2) is 9.92. The number of esters is 1. The largest absolute Gasteiger partial charge is 0.462 e. The van der Waals surface area contributed by atoms with Gasteiger partial charge in [-0.25, -0.2) is 13.9 Å². The molecule has 0 unspecified atom stereocenters. The Morgan fingerprint density at radius 2 is 2.03 bits per heavy atom. The van der Waals surface area contributed by atoms with Crippen LogP contribution in [0.25, 0.3) is 11.4 Å². The minimum absolute atomic E-state index is 0.0206. The summed E-state index contributed by atoms with van der Waals surface area (Å²) in [7, 11) is 0. The molecule has 0 saturated heterocycles. The Kier molecular flexibility index (Phi) is 7.29. The third-order valence-corrected chi connectivity index (χ3v) is 6.71. The van der Waals surface area contributed by atoms with E-state index in [2.05, 4.69) is 15.5 Å². The fraction of sp³-hybridized carbons (Fsp3) is 0.300. The molecule has 2 aromatic heterocycles. The van der Waals surface area contributed by atoms with Crippen molar-refractivity contribution in [3.05, 3.63) is 46.1 Å². The number of amides is 1. The Labute approximate surface area is 187 Å². The Morgan fingerprint density at radius 1 is 1.29 bits per heavy atom. The van der Waals surface area contributed by atoms with Gasteiger partial charge in [-0.3, -0.25) is 4.79 Å². The number of halogens is 1. The van der Waals surface area contributed by atoms with Gasteiger partial charge in [0.25, 0.3) is 0 Å². The molecule has 3 aromatic rings. The van der Waals surface area contributed by atoms with Crippen molar-refractivity contribution in [2.45, 2.75) is 32.3 Å². The van der Waals surface area contributed by atoms with Crippen LogP contribution in [0.5, 0.6) is 0 Å². The van der Waals surface area contributed by atoms with Crippen LogP contribution in [-0.4, -0.2) is 39.1 Å². The molecule has 0 radical (unpaired) electrons. The number of nitrogen functional groups attached to an aromatic ring is 1. The number of nitrogens with one attached hydrogen (secondary N) is 1. The minimum atomic E-state index is -0.470. The van der Waals surface area contributed by atoms with Crippen LogP contribution in [0.2, 0.25) is 0 Å². The molecular weight excluding hydrogens is 441 g/mol. The Hall–Kier alpha value is -2.92. The van der Waals surface area contributed by atoms with E-state index < -0.39 is 11.8 Å². The zero-order valence-corrected chi connectivity index (χ0v) is 18.9. The molecule has 0 aliphatic rings. The molecule has 1 aromatic carbocycles. The lowest BCUT2D eigenvalue weighted by molar-refractivity contribution is -0.113. The highest BCUT2D eigenvalue weighted by molar-refractivity contribution is 7.99. The van der Waals surface area contributed by atoms with Gasteiger partial charge in [-0.05, 0) is 38.0 Å². The predicted octanol–water partition coefficient (Wildman–Crippen LogP) is 3.64. The van der Waals surface area contributed by atoms with Crippen LogP contribution >= 0.6 is 23.1 Å². The first kappa shape index (κ1) is 22.8. The molecule has 0 bridgehead atoms. The summed E-state index contributed by atoms with van der Waals surface area (Å²) < 4.78 is 20.3. The lowest BCUT2D eigenvalue weighted by Gasteiger charge is -2.07. The fourth-order valence-corrected chi connectivity index (χ4v) is 4.74. The van der Waals surface area contributed by atoms with Crippen LogP contribution in [0.3, 0.4) is 0 Å². The summed E-state index contributed by atoms with van der Waals surface area (Å²) in [6, 6.07) is 6.09. The van der Waals surface area contributed by atoms with E-state index >= 15 is 0 Å². The molecule has 0 spiro atoms. The topological polar surface area (TPSA) is 112 Å². The first-order chi connectivity index (χ1) is 14.9. The molecule has 8 nitrogen and oxygen atoms in total. The van der Waals surface area contributed by atoms with Gasteiger partial charge in [0, 0.05) is 4.88 Å². The van der Waals surface area contributed by atoms with Crippen molar-refractivity contribution in [1.82, 2.24) is 14.9 Å². The van der Waals surface area contributed by atoms with Gasteiger partial charge in [-0.1, -0.05) is 30.8 Å². The van der Waals surface area contributed by atoms with Crippen molar-refractivity contribution in [2.75, 3.05) is 23.5 Å². The maximum absolute atomic E-state index is 14.0. The van der Waals surface area contributed by atoms with Gasteiger partial charge in [0.05, 0.1) is 23.5 Å². The molecule has 1 amide bonds. The number of nitrogens with zero attached hydrogens (tertiary/aromatic N) is 3. The number of thiophene rings is 1. The number of aromatic nitrogens is 3. The van der Waals surface area contributed by atoms with Crippen molar-refractivity contribution in [3.63, 3.8) is 0 Å². The zero-order chi connectivity index (χ0) is 22.5. The summed E-state index contributed by atoms with van der Waals surface area (Å²) in [5.41, 5.74) is 1.41. The third-order valence-electron chi connectivity index (χ3n) is 4.41. The van der Waals surface area contributed by atoms with Gasteiger partial charge in [0.1, 0.15) is 10.8 Å². The van der Waals surface area contributed by atoms with Gasteiger partial charge in [-0.15, -0.1) is 21.5 Å². The van der Waals surface area contributed by atoms with Gasteiger partial charge in [-0.2, -0.15) is 0 Å². The first-order valence-electron chi connectivity index (χ1n) is 9.54. The number of benzene rings is 1. The normalized spacial score (nSPS) is 10.8. The van der Waals surface area contributed by atoms with Gasteiger partial charge in [0.15, 0.2) is 5.82 Å². The van der Waals surface area contributed by atoms with E-state index in [1.807, 2.05) is 13.8 Å². The van der Waals surface area contributed by atoms with Gasteiger partial charge < -0.3 is 15.9 Å². The molecule has 0 aliphatic carbocycles. The van der Waals surface area contributed by atoms with Crippen LogP contribution < -0.4 is 11.2 Å².